The summed E-state index contributed by atoms with van der Waals surface area (Å²) in [5.74, 6) is 1.20. The van der Waals surface area contributed by atoms with Gasteiger partial charge in [-0.1, -0.05) is 29.5 Å². The van der Waals surface area contributed by atoms with Crippen molar-refractivity contribution in [2.24, 2.45) is 5.92 Å². The molecule has 2 atom stereocenters. The first kappa shape index (κ1) is 15.1. The van der Waals surface area contributed by atoms with Gasteiger partial charge < -0.3 is 5.32 Å². The van der Waals surface area contributed by atoms with Gasteiger partial charge in [-0.25, -0.2) is 4.68 Å². The van der Waals surface area contributed by atoms with Crippen molar-refractivity contribution in [2.75, 3.05) is 6.54 Å². The summed E-state index contributed by atoms with van der Waals surface area (Å²) in [7, 11) is 0. The molecule has 0 radical (unpaired) electrons. The second-order valence-electron chi connectivity index (χ2n) is 7.99. The Kier molecular flexibility index (Phi) is 3.43. The highest BCUT2D eigenvalue weighted by Gasteiger charge is 2.56. The van der Waals surface area contributed by atoms with Gasteiger partial charge in [-0.2, -0.15) is 0 Å². The highest BCUT2D eigenvalue weighted by atomic mass is 16.2. The standard InChI is InChI=1S/C20H24N4O/c25-19(13-24-12-18(22-23-24)15-7-8-15)21-11-16-10-20(16)9-3-5-14-4-1-2-6-17(14)20/h1-2,4,6,12,15-16H,3,5,7-11,13H2,(H,21,25)/t16-,20+/m0/s1. The average Bonchev–Trinajstić information content (AvgIpc) is 3.54. The summed E-state index contributed by atoms with van der Waals surface area (Å²) < 4.78 is 1.67. The number of aromatic nitrogens is 3. The van der Waals surface area contributed by atoms with Gasteiger partial charge in [0.05, 0.1) is 5.69 Å². The second kappa shape index (κ2) is 5.68. The molecule has 1 aromatic heterocycles. The molecule has 0 unspecified atom stereocenters. The Balaban J connectivity index is 1.18. The summed E-state index contributed by atoms with van der Waals surface area (Å²) in [6, 6.07) is 8.87. The molecule has 1 N–H and O–H groups in total. The highest BCUT2D eigenvalue weighted by Crippen LogP contribution is 2.59. The zero-order valence-corrected chi connectivity index (χ0v) is 14.4. The van der Waals surface area contributed by atoms with Crippen molar-refractivity contribution >= 4 is 5.91 Å². The molecule has 0 bridgehead atoms. The molecule has 2 saturated carbocycles. The molecule has 1 heterocycles. The van der Waals surface area contributed by atoms with Gasteiger partial charge in [-0.3, -0.25) is 4.79 Å². The summed E-state index contributed by atoms with van der Waals surface area (Å²) >= 11 is 0. The van der Waals surface area contributed by atoms with E-state index >= 15 is 0 Å². The molecule has 5 rings (SSSR count). The second-order valence-corrected chi connectivity index (χ2v) is 7.99. The van der Waals surface area contributed by atoms with Crippen molar-refractivity contribution < 1.29 is 4.79 Å². The minimum atomic E-state index is 0.0402. The Labute approximate surface area is 147 Å². The Bertz CT molecular complexity index is 810. The number of hydrogen-bond acceptors (Lipinski definition) is 3. The van der Waals surface area contributed by atoms with Crippen LogP contribution in [0.25, 0.3) is 0 Å². The first-order valence-corrected chi connectivity index (χ1v) is 9.50. The summed E-state index contributed by atoms with van der Waals surface area (Å²) in [5.41, 5.74) is 4.41. The third-order valence-corrected chi connectivity index (χ3v) is 6.26. The Morgan fingerprint density at radius 1 is 1.32 bits per heavy atom. The molecule has 5 heteroatoms. The minimum absolute atomic E-state index is 0.0402. The quantitative estimate of drug-likeness (QED) is 0.913. The van der Waals surface area contributed by atoms with Gasteiger partial charge in [0, 0.05) is 24.1 Å². The largest absolute Gasteiger partial charge is 0.354 e. The fourth-order valence-corrected chi connectivity index (χ4v) is 4.63. The fourth-order valence-electron chi connectivity index (χ4n) is 4.63. The Morgan fingerprint density at radius 2 is 2.20 bits per heavy atom. The lowest BCUT2D eigenvalue weighted by molar-refractivity contribution is -0.121. The van der Waals surface area contributed by atoms with Crippen LogP contribution in [-0.2, 0) is 23.2 Å². The van der Waals surface area contributed by atoms with E-state index in [9.17, 15) is 4.79 Å². The highest BCUT2D eigenvalue weighted by molar-refractivity contribution is 5.75. The summed E-state index contributed by atoms with van der Waals surface area (Å²) in [6.45, 7) is 1.05. The van der Waals surface area contributed by atoms with Gasteiger partial charge in [-0.05, 0) is 55.6 Å². The van der Waals surface area contributed by atoms with Crippen LogP contribution in [0.15, 0.2) is 30.5 Å². The minimum Gasteiger partial charge on any atom is -0.354 e. The van der Waals surface area contributed by atoms with E-state index in [4.69, 9.17) is 0 Å². The maximum absolute atomic E-state index is 12.3. The van der Waals surface area contributed by atoms with Crippen molar-refractivity contribution in [1.82, 2.24) is 20.3 Å². The Morgan fingerprint density at radius 3 is 3.08 bits per heavy atom. The van der Waals surface area contributed by atoms with Crippen molar-refractivity contribution in [2.45, 2.75) is 56.4 Å². The monoisotopic (exact) mass is 336 g/mol. The molecular weight excluding hydrogens is 312 g/mol. The lowest BCUT2D eigenvalue weighted by Gasteiger charge is -2.26. The van der Waals surface area contributed by atoms with E-state index in [1.807, 2.05) is 6.20 Å². The van der Waals surface area contributed by atoms with E-state index in [1.54, 1.807) is 4.68 Å². The number of hydrogen-bond donors (Lipinski definition) is 1. The number of benzene rings is 1. The number of carbonyl (C=O) groups excluding carboxylic acids is 1. The third-order valence-electron chi connectivity index (χ3n) is 6.26. The first-order valence-electron chi connectivity index (χ1n) is 9.50. The molecule has 2 aromatic rings. The number of fused-ring (bicyclic) bond motifs is 2. The summed E-state index contributed by atoms with van der Waals surface area (Å²) in [5, 5.41) is 11.4. The number of rotatable bonds is 5. The molecule has 1 aromatic carbocycles. The van der Waals surface area contributed by atoms with Gasteiger partial charge in [0.2, 0.25) is 5.91 Å². The molecule has 1 amide bonds. The van der Waals surface area contributed by atoms with Crippen LogP contribution in [0, 0.1) is 5.92 Å². The smallest absolute Gasteiger partial charge is 0.241 e. The summed E-state index contributed by atoms with van der Waals surface area (Å²) in [4.78, 5) is 12.3. The predicted molar refractivity (Wildman–Crippen MR) is 94.2 cm³/mol. The fraction of sp³-hybridized carbons (Fsp3) is 0.550. The zero-order chi connectivity index (χ0) is 16.9. The maximum Gasteiger partial charge on any atom is 0.241 e. The van der Waals surface area contributed by atoms with Crippen LogP contribution in [0.3, 0.4) is 0 Å². The van der Waals surface area contributed by atoms with Crippen LogP contribution < -0.4 is 5.32 Å². The lowest BCUT2D eigenvalue weighted by Crippen LogP contribution is -2.31. The van der Waals surface area contributed by atoms with E-state index in [-0.39, 0.29) is 12.5 Å². The van der Waals surface area contributed by atoms with E-state index in [2.05, 4.69) is 39.9 Å². The van der Waals surface area contributed by atoms with Gasteiger partial charge in [0.1, 0.15) is 6.54 Å². The SMILES string of the molecule is O=C(Cn1cc(C2CC2)nn1)NC[C@@H]1C[C@]12CCCc1ccccc12. The van der Waals surface area contributed by atoms with Crippen LogP contribution in [0.1, 0.15) is 54.8 Å². The van der Waals surface area contributed by atoms with Crippen LogP contribution in [-0.4, -0.2) is 27.4 Å². The van der Waals surface area contributed by atoms with Gasteiger partial charge >= 0.3 is 0 Å². The summed E-state index contributed by atoms with van der Waals surface area (Å²) in [6.07, 6.45) is 9.27. The van der Waals surface area contributed by atoms with E-state index in [0.717, 1.165) is 12.2 Å². The first-order chi connectivity index (χ1) is 12.2. The molecule has 3 aliphatic rings. The molecule has 25 heavy (non-hydrogen) atoms. The van der Waals surface area contributed by atoms with Gasteiger partial charge in [0.25, 0.3) is 0 Å². The molecule has 0 aliphatic heterocycles. The molecule has 1 spiro atoms. The molecule has 3 aliphatic carbocycles. The molecule has 130 valence electrons. The maximum atomic E-state index is 12.3. The van der Waals surface area contributed by atoms with Crippen LogP contribution >= 0.6 is 0 Å². The molecule has 5 nitrogen and oxygen atoms in total. The van der Waals surface area contributed by atoms with Gasteiger partial charge in [-0.15, -0.1) is 5.10 Å². The number of amides is 1. The predicted octanol–water partition coefficient (Wildman–Crippen LogP) is 2.57. The number of aryl methyl sites for hydroxylation is 1. The third kappa shape index (κ3) is 2.75. The van der Waals surface area contributed by atoms with Crippen LogP contribution in [0.2, 0.25) is 0 Å². The van der Waals surface area contributed by atoms with E-state index in [0.29, 0.717) is 17.3 Å². The van der Waals surface area contributed by atoms with Crippen molar-refractivity contribution in [3.05, 3.63) is 47.3 Å². The van der Waals surface area contributed by atoms with Crippen molar-refractivity contribution in [1.29, 1.82) is 0 Å². The van der Waals surface area contributed by atoms with Crippen molar-refractivity contribution in [3.8, 4) is 0 Å². The molecular formula is C20H24N4O. The normalized spacial score (nSPS) is 27.1. The van der Waals surface area contributed by atoms with Gasteiger partial charge in [0.15, 0.2) is 0 Å². The van der Waals surface area contributed by atoms with E-state index < -0.39 is 0 Å². The van der Waals surface area contributed by atoms with Crippen molar-refractivity contribution in [3.63, 3.8) is 0 Å². The number of nitrogens with one attached hydrogen (secondary N) is 1. The lowest BCUT2D eigenvalue weighted by atomic mass is 9.78. The van der Waals surface area contributed by atoms with Crippen LogP contribution in [0.5, 0.6) is 0 Å². The average molecular weight is 336 g/mol. The zero-order valence-electron chi connectivity index (χ0n) is 14.4. The number of carbonyl (C=O) groups is 1. The number of nitrogens with zero attached hydrogens (tertiary/aromatic N) is 3. The Hall–Kier alpha value is -2.17. The topological polar surface area (TPSA) is 59.8 Å². The van der Waals surface area contributed by atoms with Crippen LogP contribution in [0.4, 0.5) is 0 Å². The molecule has 0 saturated heterocycles. The van der Waals surface area contributed by atoms with E-state index in [1.165, 1.54) is 49.7 Å². The molecule has 2 fully saturated rings.